The van der Waals surface area contributed by atoms with Gasteiger partial charge in [0.1, 0.15) is 13.2 Å². The van der Waals surface area contributed by atoms with Crippen molar-refractivity contribution in [3.8, 4) is 0 Å². The number of ether oxygens (including phenoxy) is 3. The van der Waals surface area contributed by atoms with E-state index in [4.69, 9.17) is 14.2 Å². The molecule has 60 heavy (non-hydrogen) atoms. The first-order valence-electron chi connectivity index (χ1n) is 24.6. The average molecular weight is 835 g/mol. The van der Waals surface area contributed by atoms with E-state index in [2.05, 4.69) is 99.8 Å². The van der Waals surface area contributed by atoms with Gasteiger partial charge in [-0.1, -0.05) is 189 Å². The molecule has 0 aliphatic heterocycles. The molecule has 342 valence electrons. The van der Waals surface area contributed by atoms with Gasteiger partial charge in [-0.2, -0.15) is 0 Å². The summed E-state index contributed by atoms with van der Waals surface area (Å²) in [7, 11) is 0. The van der Waals surface area contributed by atoms with E-state index in [1.807, 2.05) is 6.08 Å². The zero-order valence-corrected chi connectivity index (χ0v) is 38.9. The molecule has 0 amide bonds. The Morgan fingerprint density at radius 2 is 0.733 bits per heavy atom. The Hall–Kier alpha value is -3.41. The number of rotatable bonds is 43. The van der Waals surface area contributed by atoms with Crippen molar-refractivity contribution in [3.05, 3.63) is 85.1 Å². The second kappa shape index (κ2) is 48.3. The van der Waals surface area contributed by atoms with E-state index in [1.165, 1.54) is 77.0 Å². The van der Waals surface area contributed by atoms with Crippen LogP contribution in [0.5, 0.6) is 0 Å². The second-order valence-electron chi connectivity index (χ2n) is 16.0. The predicted molar refractivity (Wildman–Crippen MR) is 256 cm³/mol. The molecule has 0 aromatic carbocycles. The van der Waals surface area contributed by atoms with Crippen LogP contribution < -0.4 is 0 Å². The summed E-state index contributed by atoms with van der Waals surface area (Å²) in [4.78, 5) is 37.8. The molecule has 0 aromatic heterocycles. The Morgan fingerprint density at radius 3 is 1.27 bits per heavy atom. The van der Waals surface area contributed by atoms with Gasteiger partial charge < -0.3 is 14.2 Å². The Kier molecular flexibility index (Phi) is 45.5. The summed E-state index contributed by atoms with van der Waals surface area (Å²) in [6, 6.07) is 0. The molecule has 0 saturated carbocycles. The Morgan fingerprint density at radius 1 is 0.367 bits per heavy atom. The fraction of sp³-hybridized carbons (Fsp3) is 0.685. The number of esters is 3. The highest BCUT2D eigenvalue weighted by atomic mass is 16.6. The van der Waals surface area contributed by atoms with Gasteiger partial charge in [0.05, 0.1) is 0 Å². The average Bonchev–Trinajstić information content (AvgIpc) is 3.24. The molecular weight excluding hydrogens is 745 g/mol. The molecule has 0 N–H and O–H groups in total. The first kappa shape index (κ1) is 56.6. The molecule has 6 nitrogen and oxygen atoms in total. The fourth-order valence-corrected chi connectivity index (χ4v) is 6.45. The van der Waals surface area contributed by atoms with Crippen molar-refractivity contribution in [2.75, 3.05) is 13.2 Å². The second-order valence-corrected chi connectivity index (χ2v) is 16.0. The van der Waals surface area contributed by atoms with Crippen LogP contribution in [0, 0.1) is 0 Å². The number of unbranched alkanes of at least 4 members (excludes halogenated alkanes) is 20. The van der Waals surface area contributed by atoms with Gasteiger partial charge in [-0.25, -0.2) is 0 Å². The third-order valence-corrected chi connectivity index (χ3v) is 10.2. The fourth-order valence-electron chi connectivity index (χ4n) is 6.45. The monoisotopic (exact) mass is 835 g/mol. The maximum atomic E-state index is 12.7. The van der Waals surface area contributed by atoms with Crippen LogP contribution in [0.4, 0.5) is 0 Å². The van der Waals surface area contributed by atoms with Crippen molar-refractivity contribution in [1.29, 1.82) is 0 Å². The molecule has 0 bridgehead atoms. The third-order valence-electron chi connectivity index (χ3n) is 10.2. The van der Waals surface area contributed by atoms with Gasteiger partial charge in [0.15, 0.2) is 6.10 Å². The number of carbonyl (C=O) groups is 3. The molecule has 0 spiro atoms. The third kappa shape index (κ3) is 45.7. The lowest BCUT2D eigenvalue weighted by atomic mass is 10.1. The summed E-state index contributed by atoms with van der Waals surface area (Å²) >= 11 is 0. The normalized spacial score (nSPS) is 12.8. The highest BCUT2D eigenvalue weighted by Crippen LogP contribution is 2.13. The maximum Gasteiger partial charge on any atom is 0.306 e. The van der Waals surface area contributed by atoms with Crippen molar-refractivity contribution >= 4 is 17.9 Å². The molecule has 6 heteroatoms. The van der Waals surface area contributed by atoms with E-state index < -0.39 is 6.10 Å². The minimum absolute atomic E-state index is 0.106. The van der Waals surface area contributed by atoms with Crippen molar-refractivity contribution in [3.63, 3.8) is 0 Å². The highest BCUT2D eigenvalue weighted by Gasteiger charge is 2.19. The molecule has 0 aromatic rings. The van der Waals surface area contributed by atoms with Crippen LogP contribution in [0.25, 0.3) is 0 Å². The van der Waals surface area contributed by atoms with Crippen LogP contribution in [0.15, 0.2) is 85.1 Å². The number of carbonyl (C=O) groups excluding carboxylic acids is 3. The highest BCUT2D eigenvalue weighted by molar-refractivity contribution is 5.71. The summed E-state index contributed by atoms with van der Waals surface area (Å²) in [6.45, 7) is 6.39. The van der Waals surface area contributed by atoms with E-state index >= 15 is 0 Å². The van der Waals surface area contributed by atoms with Crippen LogP contribution in [-0.4, -0.2) is 37.2 Å². The lowest BCUT2D eigenvalue weighted by Gasteiger charge is -2.18. The van der Waals surface area contributed by atoms with Crippen LogP contribution in [0.1, 0.15) is 220 Å². The van der Waals surface area contributed by atoms with Crippen LogP contribution >= 0.6 is 0 Å². The van der Waals surface area contributed by atoms with Crippen molar-refractivity contribution in [2.24, 2.45) is 0 Å². The minimum Gasteiger partial charge on any atom is -0.462 e. The summed E-state index contributed by atoms with van der Waals surface area (Å²) < 4.78 is 16.7. The number of allylic oxidation sites excluding steroid dienone is 14. The van der Waals surface area contributed by atoms with Gasteiger partial charge >= 0.3 is 17.9 Å². The Balaban J connectivity index is 4.50. The van der Waals surface area contributed by atoms with E-state index in [9.17, 15) is 14.4 Å². The van der Waals surface area contributed by atoms with Gasteiger partial charge in [-0.05, 0) is 96.3 Å². The number of hydrogen-bond acceptors (Lipinski definition) is 6. The molecule has 1 atom stereocenters. The largest absolute Gasteiger partial charge is 0.462 e. The minimum atomic E-state index is -0.809. The van der Waals surface area contributed by atoms with Crippen molar-refractivity contribution in [2.45, 2.75) is 226 Å². The smallest absolute Gasteiger partial charge is 0.306 e. The van der Waals surface area contributed by atoms with E-state index in [0.717, 1.165) is 96.3 Å². The van der Waals surface area contributed by atoms with Crippen LogP contribution in [0.2, 0.25) is 0 Å². The van der Waals surface area contributed by atoms with Gasteiger partial charge in [0.2, 0.25) is 0 Å². The Labute approximate surface area is 369 Å². The van der Waals surface area contributed by atoms with Crippen LogP contribution in [-0.2, 0) is 28.6 Å². The first-order chi connectivity index (χ1) is 29.5. The van der Waals surface area contributed by atoms with E-state index in [-0.39, 0.29) is 37.5 Å². The first-order valence-corrected chi connectivity index (χ1v) is 24.6. The SMILES string of the molecule is CC\C=C/C=C\C=C/CCCCCCCC(=O)OC(COC(=O)CCC/C=C\C/C=C\C/C=C\CCCCCCCC)COC(=O)CCCCCCC/C=C\CCCCC. The zero-order chi connectivity index (χ0) is 43.7. The van der Waals surface area contributed by atoms with Gasteiger partial charge in [0, 0.05) is 19.3 Å². The zero-order valence-electron chi connectivity index (χ0n) is 38.9. The molecule has 0 saturated heterocycles. The maximum absolute atomic E-state index is 12.7. The quantitative estimate of drug-likeness (QED) is 0.0200. The Bertz CT molecular complexity index is 1190. The molecule has 1 unspecified atom stereocenters. The van der Waals surface area contributed by atoms with Gasteiger partial charge in [-0.3, -0.25) is 14.4 Å². The molecule has 0 radical (unpaired) electrons. The lowest BCUT2D eigenvalue weighted by Crippen LogP contribution is -2.30. The molecule has 0 aliphatic carbocycles. The summed E-state index contributed by atoms with van der Waals surface area (Å²) in [5.41, 5.74) is 0. The summed E-state index contributed by atoms with van der Waals surface area (Å²) in [5.74, 6) is -0.995. The van der Waals surface area contributed by atoms with Crippen LogP contribution in [0.3, 0.4) is 0 Å². The van der Waals surface area contributed by atoms with E-state index in [0.29, 0.717) is 19.3 Å². The standard InChI is InChI=1S/C54H90O6/c1-4-7-10-13-16-19-22-25-26-27-28-30-32-35-38-41-44-47-53(56)59-50-51(49-58-52(55)46-43-40-37-34-31-24-21-18-15-12-9-6-3)60-54(57)48-45-42-39-36-33-29-23-20-17-14-11-8-5-2/h8,11,14,17-18,20-21,23,25-26,28,30,35,38,51H,4-7,9-10,12-13,15-16,19,22,24,27,29,31-34,36-37,39-50H2,1-3H3/b11-8-,17-14-,21-18-,23-20-,26-25-,30-28-,38-35-. The number of hydrogen-bond donors (Lipinski definition) is 0. The molecular formula is C54H90O6. The molecule has 0 heterocycles. The van der Waals surface area contributed by atoms with Gasteiger partial charge in [-0.15, -0.1) is 0 Å². The van der Waals surface area contributed by atoms with Crippen molar-refractivity contribution < 1.29 is 28.6 Å². The molecule has 0 aliphatic rings. The summed E-state index contributed by atoms with van der Waals surface area (Å²) in [6.07, 6.45) is 61.4. The summed E-state index contributed by atoms with van der Waals surface area (Å²) in [5, 5.41) is 0. The lowest BCUT2D eigenvalue weighted by molar-refractivity contribution is -0.167. The predicted octanol–water partition coefficient (Wildman–Crippen LogP) is 16.0. The molecule has 0 fully saturated rings. The van der Waals surface area contributed by atoms with Crippen molar-refractivity contribution in [1.82, 2.24) is 0 Å². The molecule has 0 rings (SSSR count). The van der Waals surface area contributed by atoms with Gasteiger partial charge in [0.25, 0.3) is 0 Å². The topological polar surface area (TPSA) is 78.9 Å². The van der Waals surface area contributed by atoms with E-state index in [1.54, 1.807) is 0 Å².